The molecule has 2 heterocycles. The van der Waals surface area contributed by atoms with Crippen molar-refractivity contribution in [2.45, 2.75) is 31.1 Å². The molecule has 0 saturated heterocycles. The van der Waals surface area contributed by atoms with Crippen LogP contribution < -0.4 is 4.90 Å². The molecule has 0 unspecified atom stereocenters. The van der Waals surface area contributed by atoms with Crippen LogP contribution in [0.3, 0.4) is 0 Å². The van der Waals surface area contributed by atoms with Gasteiger partial charge in [0.25, 0.3) is 0 Å². The van der Waals surface area contributed by atoms with E-state index in [0.29, 0.717) is 0 Å². The van der Waals surface area contributed by atoms with Crippen molar-refractivity contribution in [3.05, 3.63) is 93.0 Å². The Bertz CT molecular complexity index is 1220. The van der Waals surface area contributed by atoms with Gasteiger partial charge in [-0.2, -0.15) is 0 Å². The first-order valence-electron chi connectivity index (χ1n) is 10.6. The Hall–Kier alpha value is -2.27. The lowest BCUT2D eigenvalue weighted by atomic mass is 9.94. The normalized spacial score (nSPS) is 19.4. The summed E-state index contributed by atoms with van der Waals surface area (Å²) >= 11 is 10.4. The zero-order chi connectivity index (χ0) is 21.2. The van der Waals surface area contributed by atoms with Gasteiger partial charge in [0.15, 0.2) is 0 Å². The first kappa shape index (κ1) is 20.6. The van der Waals surface area contributed by atoms with Gasteiger partial charge in [-0.1, -0.05) is 59.8 Å². The van der Waals surface area contributed by atoms with Crippen LogP contribution in [-0.2, 0) is 0 Å². The number of halogens is 1. The van der Waals surface area contributed by atoms with Crippen molar-refractivity contribution in [1.29, 1.82) is 0 Å². The van der Waals surface area contributed by atoms with Crippen LogP contribution in [0.25, 0.3) is 16.3 Å². The summed E-state index contributed by atoms with van der Waals surface area (Å²) in [6, 6.07) is 16.9. The summed E-state index contributed by atoms with van der Waals surface area (Å²) in [6.07, 6.45) is 11.8. The minimum Gasteiger partial charge on any atom is -0.335 e. The van der Waals surface area contributed by atoms with Gasteiger partial charge in [0.2, 0.25) is 0 Å². The molecular weight excluding hydrogens is 440 g/mol. The zero-order valence-electron chi connectivity index (χ0n) is 17.3. The molecule has 0 saturated carbocycles. The van der Waals surface area contributed by atoms with Crippen molar-refractivity contribution in [3.8, 4) is 0 Å². The van der Waals surface area contributed by atoms with Crippen LogP contribution in [0.4, 0.5) is 5.69 Å². The van der Waals surface area contributed by atoms with E-state index in [0.717, 1.165) is 41.4 Å². The van der Waals surface area contributed by atoms with E-state index in [1.54, 1.807) is 11.3 Å². The van der Waals surface area contributed by atoms with Crippen molar-refractivity contribution in [3.63, 3.8) is 0 Å². The van der Waals surface area contributed by atoms with E-state index >= 15 is 0 Å². The second-order valence-corrected chi connectivity index (χ2v) is 10.1. The molecule has 0 bridgehead atoms. The number of thiazole rings is 1. The molecular formula is C26H23ClN2S2. The average Bonchev–Trinajstić information content (AvgIpc) is 3.37. The number of thioether (sulfide) groups is 1. The van der Waals surface area contributed by atoms with E-state index in [-0.39, 0.29) is 0 Å². The highest BCUT2D eigenvalue weighted by Gasteiger charge is 2.23. The second kappa shape index (κ2) is 9.07. The molecule has 5 rings (SSSR count). The smallest absolute Gasteiger partial charge is 0.117 e. The van der Waals surface area contributed by atoms with Gasteiger partial charge in [-0.3, -0.25) is 0 Å². The number of benzene rings is 2. The van der Waals surface area contributed by atoms with Gasteiger partial charge in [0.05, 0.1) is 20.9 Å². The first-order valence-corrected chi connectivity index (χ1v) is 12.6. The Morgan fingerprint density at radius 3 is 2.74 bits per heavy atom. The topological polar surface area (TPSA) is 16.1 Å². The fraction of sp³-hybridized carbons (Fsp3) is 0.192. The monoisotopic (exact) mass is 462 g/mol. The molecule has 1 aromatic heterocycles. The minimum absolute atomic E-state index is 0.893. The molecule has 3 aromatic rings. The van der Waals surface area contributed by atoms with E-state index in [9.17, 15) is 0 Å². The average molecular weight is 463 g/mol. The standard InChI is InChI=1S/C26H23ClN2S2/c1-2-29-21-11-4-6-13-23(21)31-25(29)17-15-19-9-7-8-18(26(19)27)14-16-24-28-20-10-3-5-12-22(20)30-24/h3-6,10-17H,2,7-9H2,1H3/b16-14+,19-15+,25-17-. The van der Waals surface area contributed by atoms with E-state index in [2.05, 4.69) is 78.6 Å². The lowest BCUT2D eigenvalue weighted by Crippen LogP contribution is -2.16. The van der Waals surface area contributed by atoms with E-state index < -0.39 is 0 Å². The molecule has 0 N–H and O–H groups in total. The maximum atomic E-state index is 6.83. The molecule has 156 valence electrons. The maximum Gasteiger partial charge on any atom is 0.117 e. The highest BCUT2D eigenvalue weighted by Crippen LogP contribution is 2.45. The van der Waals surface area contributed by atoms with Crippen molar-refractivity contribution >= 4 is 56.7 Å². The van der Waals surface area contributed by atoms with Crippen LogP contribution in [0, 0.1) is 0 Å². The van der Waals surface area contributed by atoms with Gasteiger partial charge in [-0.05, 0) is 73.7 Å². The maximum absolute atomic E-state index is 6.83. The van der Waals surface area contributed by atoms with Crippen LogP contribution in [0.15, 0.2) is 92.9 Å². The molecule has 1 aliphatic carbocycles. The number of para-hydroxylation sites is 2. The molecule has 0 fully saturated rings. The molecule has 0 spiro atoms. The summed E-state index contributed by atoms with van der Waals surface area (Å²) in [5.41, 5.74) is 4.77. The zero-order valence-corrected chi connectivity index (χ0v) is 19.7. The third-order valence-electron chi connectivity index (χ3n) is 5.57. The summed E-state index contributed by atoms with van der Waals surface area (Å²) in [6.45, 7) is 3.15. The molecule has 31 heavy (non-hydrogen) atoms. The van der Waals surface area contributed by atoms with Crippen LogP contribution in [-0.4, -0.2) is 11.5 Å². The fourth-order valence-corrected chi connectivity index (χ4v) is 6.33. The molecule has 2 nitrogen and oxygen atoms in total. The molecule has 0 amide bonds. The van der Waals surface area contributed by atoms with Gasteiger partial charge in [0, 0.05) is 16.5 Å². The van der Waals surface area contributed by atoms with E-state index in [1.807, 2.05) is 17.8 Å². The van der Waals surface area contributed by atoms with Crippen LogP contribution in [0.5, 0.6) is 0 Å². The lowest BCUT2D eigenvalue weighted by Gasteiger charge is -2.19. The van der Waals surface area contributed by atoms with Crippen LogP contribution in [0.2, 0.25) is 0 Å². The summed E-state index contributed by atoms with van der Waals surface area (Å²) in [5, 5.41) is 3.18. The summed E-state index contributed by atoms with van der Waals surface area (Å²) in [7, 11) is 0. The number of allylic oxidation sites excluding steroid dienone is 6. The van der Waals surface area contributed by atoms with Gasteiger partial charge in [0.1, 0.15) is 5.01 Å². The highest BCUT2D eigenvalue weighted by molar-refractivity contribution is 8.03. The second-order valence-electron chi connectivity index (χ2n) is 7.56. The Kier molecular flexibility index (Phi) is 6.04. The summed E-state index contributed by atoms with van der Waals surface area (Å²) in [4.78, 5) is 8.39. The third kappa shape index (κ3) is 4.25. The molecule has 1 aliphatic heterocycles. The predicted octanol–water partition coefficient (Wildman–Crippen LogP) is 8.39. The molecule has 2 aliphatic rings. The summed E-state index contributed by atoms with van der Waals surface area (Å²) < 4.78 is 1.22. The summed E-state index contributed by atoms with van der Waals surface area (Å²) in [5.74, 6) is 0. The number of rotatable bonds is 4. The predicted molar refractivity (Wildman–Crippen MR) is 137 cm³/mol. The molecule has 0 radical (unpaired) electrons. The van der Waals surface area contributed by atoms with Gasteiger partial charge >= 0.3 is 0 Å². The van der Waals surface area contributed by atoms with Gasteiger partial charge in [-0.25, -0.2) is 4.98 Å². The number of nitrogens with zero attached hydrogens (tertiary/aromatic N) is 2. The number of aromatic nitrogens is 1. The minimum atomic E-state index is 0.893. The molecule has 5 heteroatoms. The Morgan fingerprint density at radius 1 is 1.03 bits per heavy atom. The Balaban J connectivity index is 1.39. The Morgan fingerprint density at radius 2 is 1.87 bits per heavy atom. The number of hydrogen-bond acceptors (Lipinski definition) is 4. The SMILES string of the molecule is CCN1/C(=C/C=C2\CCCC(/C=C/c3nc4ccccc4s3)=C2Cl)Sc2ccccc21. The molecule has 2 aromatic carbocycles. The largest absolute Gasteiger partial charge is 0.335 e. The van der Waals surface area contributed by atoms with Crippen molar-refractivity contribution in [2.24, 2.45) is 0 Å². The first-order chi connectivity index (χ1) is 15.2. The third-order valence-corrected chi connectivity index (χ3v) is 8.19. The van der Waals surface area contributed by atoms with E-state index in [4.69, 9.17) is 16.6 Å². The number of anilines is 1. The van der Waals surface area contributed by atoms with Gasteiger partial charge < -0.3 is 4.90 Å². The van der Waals surface area contributed by atoms with Crippen molar-refractivity contribution in [2.75, 3.05) is 11.4 Å². The highest BCUT2D eigenvalue weighted by atomic mass is 35.5. The van der Waals surface area contributed by atoms with Crippen molar-refractivity contribution < 1.29 is 0 Å². The van der Waals surface area contributed by atoms with Crippen LogP contribution >= 0.6 is 34.7 Å². The quantitative estimate of drug-likeness (QED) is 0.387. The van der Waals surface area contributed by atoms with Gasteiger partial charge in [-0.15, -0.1) is 11.3 Å². The van der Waals surface area contributed by atoms with Crippen molar-refractivity contribution in [1.82, 2.24) is 4.98 Å². The van der Waals surface area contributed by atoms with E-state index in [1.165, 1.54) is 31.5 Å². The van der Waals surface area contributed by atoms with Crippen LogP contribution in [0.1, 0.15) is 31.2 Å². The number of hydrogen-bond donors (Lipinski definition) is 0. The number of fused-ring (bicyclic) bond motifs is 2. The fourth-order valence-electron chi connectivity index (χ4n) is 4.02. The lowest BCUT2D eigenvalue weighted by molar-refractivity contribution is 0.792. The Labute approximate surface area is 196 Å². The molecule has 0 atom stereocenters.